The van der Waals surface area contributed by atoms with Crippen LogP contribution in [0.25, 0.3) is 0 Å². The van der Waals surface area contributed by atoms with Crippen molar-refractivity contribution in [3.63, 3.8) is 0 Å². The molecule has 3 N–H and O–H groups in total. The minimum absolute atomic E-state index is 0.144. The summed E-state index contributed by atoms with van der Waals surface area (Å²) in [7, 11) is 0. The fourth-order valence-electron chi connectivity index (χ4n) is 0.105. The first kappa shape index (κ1) is 5.43. The van der Waals surface area contributed by atoms with E-state index in [1.54, 1.807) is 6.92 Å². The fraction of sp³-hybridized carbons (Fsp3) is 0.667. The predicted molar refractivity (Wildman–Crippen MR) is 23.9 cm³/mol. The van der Waals surface area contributed by atoms with Crippen molar-refractivity contribution in [1.82, 2.24) is 0 Å². The molecule has 3 heteroatoms. The molecule has 3 nitrogen and oxygen atoms in total. The summed E-state index contributed by atoms with van der Waals surface area (Å²) in [4.78, 5) is 0. The van der Waals surface area contributed by atoms with Gasteiger partial charge in [-0.3, -0.25) is 0 Å². The van der Waals surface area contributed by atoms with E-state index in [4.69, 9.17) is 10.9 Å². The third-order valence-electron chi connectivity index (χ3n) is 0.302. The SMILES string of the molecule is CC(N)/C=N/O. The molecule has 0 radical (unpaired) electrons. The van der Waals surface area contributed by atoms with Crippen LogP contribution < -0.4 is 5.73 Å². The predicted octanol–water partition coefficient (Wildman–Crippen LogP) is -0.206. The zero-order chi connectivity index (χ0) is 4.99. The lowest BCUT2D eigenvalue weighted by molar-refractivity contribution is 0.320. The summed E-state index contributed by atoms with van der Waals surface area (Å²) in [6.07, 6.45) is 1.25. The van der Waals surface area contributed by atoms with Crippen LogP contribution in [0, 0.1) is 0 Å². The number of hydrogen-bond acceptors (Lipinski definition) is 3. The van der Waals surface area contributed by atoms with Gasteiger partial charge in [0.05, 0.1) is 6.21 Å². The first-order valence-corrected chi connectivity index (χ1v) is 1.70. The fourth-order valence-corrected chi connectivity index (χ4v) is 0.105. The van der Waals surface area contributed by atoms with E-state index in [0.29, 0.717) is 0 Å². The van der Waals surface area contributed by atoms with Gasteiger partial charge in [0.15, 0.2) is 0 Å². The summed E-state index contributed by atoms with van der Waals surface area (Å²) in [6, 6.07) is -0.144. The van der Waals surface area contributed by atoms with E-state index in [9.17, 15) is 0 Å². The summed E-state index contributed by atoms with van der Waals surface area (Å²) in [5, 5.41) is 10.4. The molecule has 0 aromatic heterocycles. The molecule has 1 atom stereocenters. The van der Waals surface area contributed by atoms with Crippen molar-refractivity contribution in [2.24, 2.45) is 10.9 Å². The van der Waals surface area contributed by atoms with Crippen molar-refractivity contribution in [3.8, 4) is 0 Å². The number of rotatable bonds is 1. The summed E-state index contributed by atoms with van der Waals surface area (Å²) < 4.78 is 0. The molecule has 0 fully saturated rings. The Hall–Kier alpha value is -0.570. The average Bonchev–Trinajstić information content (AvgIpc) is 1.35. The Balaban J connectivity index is 3.03. The van der Waals surface area contributed by atoms with E-state index < -0.39 is 0 Å². The molecule has 0 saturated carbocycles. The highest BCUT2D eigenvalue weighted by Crippen LogP contribution is 1.61. The second-order valence-corrected chi connectivity index (χ2v) is 1.12. The second kappa shape index (κ2) is 2.66. The van der Waals surface area contributed by atoms with E-state index in [2.05, 4.69) is 5.16 Å². The molecule has 0 aliphatic rings. The second-order valence-electron chi connectivity index (χ2n) is 1.12. The van der Waals surface area contributed by atoms with Crippen LogP contribution in [0.1, 0.15) is 6.92 Å². The number of hydrogen-bond donors (Lipinski definition) is 2. The van der Waals surface area contributed by atoms with Crippen molar-refractivity contribution in [2.75, 3.05) is 0 Å². The molecule has 0 spiro atoms. The van der Waals surface area contributed by atoms with Gasteiger partial charge in [-0.2, -0.15) is 0 Å². The van der Waals surface area contributed by atoms with Crippen molar-refractivity contribution < 1.29 is 5.21 Å². The zero-order valence-corrected chi connectivity index (χ0v) is 3.63. The van der Waals surface area contributed by atoms with E-state index in [-0.39, 0.29) is 6.04 Å². The summed E-state index contributed by atoms with van der Waals surface area (Å²) in [6.45, 7) is 1.72. The van der Waals surface area contributed by atoms with Gasteiger partial charge in [0.1, 0.15) is 0 Å². The Bertz CT molecular complexity index is 50.8. The third-order valence-corrected chi connectivity index (χ3v) is 0.302. The van der Waals surface area contributed by atoms with Gasteiger partial charge >= 0.3 is 0 Å². The smallest absolute Gasteiger partial charge is 0.0600 e. The highest BCUT2D eigenvalue weighted by Gasteiger charge is 1.79. The van der Waals surface area contributed by atoms with Gasteiger partial charge < -0.3 is 10.9 Å². The Labute approximate surface area is 36.5 Å². The van der Waals surface area contributed by atoms with Crippen LogP contribution in [0.2, 0.25) is 0 Å². The molecule has 0 bridgehead atoms. The first-order chi connectivity index (χ1) is 2.77. The molecule has 0 saturated heterocycles. The zero-order valence-electron chi connectivity index (χ0n) is 3.63. The molecule has 0 amide bonds. The van der Waals surface area contributed by atoms with E-state index >= 15 is 0 Å². The van der Waals surface area contributed by atoms with Gasteiger partial charge in [0.25, 0.3) is 0 Å². The van der Waals surface area contributed by atoms with Gasteiger partial charge in [0, 0.05) is 6.04 Å². The van der Waals surface area contributed by atoms with Crippen LogP contribution >= 0.6 is 0 Å². The molecule has 6 heavy (non-hydrogen) atoms. The van der Waals surface area contributed by atoms with Crippen molar-refractivity contribution in [1.29, 1.82) is 0 Å². The highest BCUT2D eigenvalue weighted by atomic mass is 16.4. The van der Waals surface area contributed by atoms with Crippen molar-refractivity contribution in [2.45, 2.75) is 13.0 Å². The minimum atomic E-state index is -0.144. The maximum atomic E-state index is 7.73. The largest absolute Gasteiger partial charge is 0.411 e. The number of oxime groups is 1. The van der Waals surface area contributed by atoms with Gasteiger partial charge in [-0.05, 0) is 6.92 Å². The van der Waals surface area contributed by atoms with Gasteiger partial charge in [-0.25, -0.2) is 0 Å². The van der Waals surface area contributed by atoms with Crippen LogP contribution in [0.4, 0.5) is 0 Å². The lowest BCUT2D eigenvalue weighted by Crippen LogP contribution is -2.15. The molecular formula is C3H8N2O. The standard InChI is InChI=1S/C3H8N2O/c1-3(4)2-5-6/h2-3,6H,4H2,1H3/b5-2+. The first-order valence-electron chi connectivity index (χ1n) is 1.70. The van der Waals surface area contributed by atoms with Gasteiger partial charge in [-0.15, -0.1) is 5.16 Å². The van der Waals surface area contributed by atoms with Crippen LogP contribution in [0.3, 0.4) is 0 Å². The molecule has 0 aromatic carbocycles. The molecule has 0 aliphatic heterocycles. The summed E-state index contributed by atoms with van der Waals surface area (Å²) >= 11 is 0. The van der Waals surface area contributed by atoms with Crippen LogP contribution in [-0.4, -0.2) is 17.5 Å². The van der Waals surface area contributed by atoms with Crippen LogP contribution in [0.15, 0.2) is 5.16 Å². The van der Waals surface area contributed by atoms with E-state index in [1.807, 2.05) is 0 Å². The van der Waals surface area contributed by atoms with Gasteiger partial charge in [0.2, 0.25) is 0 Å². The minimum Gasteiger partial charge on any atom is -0.411 e. The summed E-state index contributed by atoms with van der Waals surface area (Å²) in [5.74, 6) is 0. The number of nitrogens with zero attached hydrogens (tertiary/aromatic N) is 1. The lowest BCUT2D eigenvalue weighted by atomic mass is 10.4. The lowest BCUT2D eigenvalue weighted by Gasteiger charge is -1.85. The van der Waals surface area contributed by atoms with Crippen molar-refractivity contribution >= 4 is 6.21 Å². The molecule has 36 valence electrons. The quantitative estimate of drug-likeness (QED) is 0.265. The molecule has 0 heterocycles. The monoisotopic (exact) mass is 88.1 g/mol. The molecule has 0 rings (SSSR count). The Kier molecular flexibility index (Phi) is 2.40. The topological polar surface area (TPSA) is 58.6 Å². The normalized spacial score (nSPS) is 15.7. The molecule has 0 aliphatic carbocycles. The van der Waals surface area contributed by atoms with Crippen molar-refractivity contribution in [3.05, 3.63) is 0 Å². The Morgan fingerprint density at radius 2 is 2.50 bits per heavy atom. The summed E-state index contributed by atoms with van der Waals surface area (Å²) in [5.41, 5.74) is 5.09. The highest BCUT2D eigenvalue weighted by molar-refractivity contribution is 5.62. The maximum absolute atomic E-state index is 7.73. The van der Waals surface area contributed by atoms with Crippen LogP contribution in [0.5, 0.6) is 0 Å². The maximum Gasteiger partial charge on any atom is 0.0600 e. The number of nitrogens with two attached hydrogens (primary N) is 1. The average molecular weight is 88.1 g/mol. The molecule has 1 unspecified atom stereocenters. The van der Waals surface area contributed by atoms with Gasteiger partial charge in [-0.1, -0.05) is 0 Å². The Morgan fingerprint density at radius 1 is 2.00 bits per heavy atom. The molecule has 0 aromatic rings. The third kappa shape index (κ3) is 3.43. The molecular weight excluding hydrogens is 80.0 g/mol. The van der Waals surface area contributed by atoms with E-state index in [0.717, 1.165) is 0 Å². The van der Waals surface area contributed by atoms with Crippen LogP contribution in [-0.2, 0) is 0 Å². The Morgan fingerprint density at radius 3 is 2.50 bits per heavy atom. The van der Waals surface area contributed by atoms with E-state index in [1.165, 1.54) is 6.21 Å².